The van der Waals surface area contributed by atoms with E-state index in [9.17, 15) is 8.42 Å². The van der Waals surface area contributed by atoms with Gasteiger partial charge in [-0.1, -0.05) is 31.2 Å². The Morgan fingerprint density at radius 2 is 1.86 bits per heavy atom. The molecule has 122 valence electrons. The van der Waals surface area contributed by atoms with E-state index in [1.807, 2.05) is 24.3 Å². The number of nitrogens with two attached hydrogens (primary N) is 1. The maximum Gasteiger partial charge on any atom is 0.191 e. The molecule has 22 heavy (non-hydrogen) atoms. The van der Waals surface area contributed by atoms with Crippen LogP contribution in [0.3, 0.4) is 0 Å². The van der Waals surface area contributed by atoms with Gasteiger partial charge in [-0.2, -0.15) is 0 Å². The van der Waals surface area contributed by atoms with Crippen LogP contribution in [0.25, 0.3) is 0 Å². The molecule has 0 saturated carbocycles. The summed E-state index contributed by atoms with van der Waals surface area (Å²) in [6, 6.07) is 7.50. The van der Waals surface area contributed by atoms with Gasteiger partial charge in [0.15, 0.2) is 15.8 Å². The van der Waals surface area contributed by atoms with Crippen molar-refractivity contribution in [3.05, 3.63) is 35.4 Å². The van der Waals surface area contributed by atoms with E-state index < -0.39 is 9.84 Å². The van der Waals surface area contributed by atoms with E-state index in [0.717, 1.165) is 43.0 Å². The Bertz CT molecular complexity index is 633. The third-order valence-electron chi connectivity index (χ3n) is 4.06. The second kappa shape index (κ2) is 7.13. The Morgan fingerprint density at radius 3 is 2.45 bits per heavy atom. The molecule has 1 aliphatic heterocycles. The maximum absolute atomic E-state index is 11.5. The zero-order valence-electron chi connectivity index (χ0n) is 13.3. The van der Waals surface area contributed by atoms with Crippen molar-refractivity contribution in [2.45, 2.75) is 32.1 Å². The fourth-order valence-corrected chi connectivity index (χ4v) is 3.49. The van der Waals surface area contributed by atoms with Crippen LogP contribution in [0.4, 0.5) is 0 Å². The number of benzene rings is 1. The largest absolute Gasteiger partial charge is 0.370 e. The molecule has 1 heterocycles. The lowest BCUT2D eigenvalue weighted by Crippen LogP contribution is -2.42. The van der Waals surface area contributed by atoms with Gasteiger partial charge < -0.3 is 10.6 Å². The van der Waals surface area contributed by atoms with Crippen LogP contribution in [0, 0.1) is 5.92 Å². The molecule has 5 nitrogen and oxygen atoms in total. The molecule has 2 N–H and O–H groups in total. The SMILES string of the molecule is CC1CCN(C(N)=NCc2ccccc2CS(C)(=O)=O)CC1. The molecule has 1 fully saturated rings. The predicted molar refractivity (Wildman–Crippen MR) is 90.3 cm³/mol. The Balaban J connectivity index is 2.06. The minimum atomic E-state index is -3.05. The molecular weight excluding hydrogens is 298 g/mol. The molecule has 0 atom stereocenters. The van der Waals surface area contributed by atoms with Crippen LogP contribution < -0.4 is 5.73 Å². The Kier molecular flexibility index (Phi) is 5.45. The number of likely N-dealkylation sites (tertiary alicyclic amines) is 1. The number of aliphatic imine (C=N–C) groups is 1. The van der Waals surface area contributed by atoms with Crippen LogP contribution in [0.15, 0.2) is 29.3 Å². The van der Waals surface area contributed by atoms with Crippen molar-refractivity contribution in [3.63, 3.8) is 0 Å². The van der Waals surface area contributed by atoms with E-state index in [1.54, 1.807) is 0 Å². The van der Waals surface area contributed by atoms with Gasteiger partial charge in [-0.25, -0.2) is 13.4 Å². The van der Waals surface area contributed by atoms with Gasteiger partial charge in [0.25, 0.3) is 0 Å². The molecule has 0 amide bonds. The van der Waals surface area contributed by atoms with Crippen molar-refractivity contribution in [1.82, 2.24) is 4.90 Å². The minimum absolute atomic E-state index is 0.0415. The summed E-state index contributed by atoms with van der Waals surface area (Å²) in [7, 11) is -3.05. The summed E-state index contributed by atoms with van der Waals surface area (Å²) in [5, 5.41) is 0. The van der Waals surface area contributed by atoms with Gasteiger partial charge in [-0.15, -0.1) is 0 Å². The number of sulfone groups is 1. The highest BCUT2D eigenvalue weighted by atomic mass is 32.2. The van der Waals surface area contributed by atoms with Crippen LogP contribution in [-0.4, -0.2) is 38.6 Å². The van der Waals surface area contributed by atoms with E-state index in [2.05, 4.69) is 16.8 Å². The molecule has 0 radical (unpaired) electrons. The van der Waals surface area contributed by atoms with E-state index in [-0.39, 0.29) is 5.75 Å². The van der Waals surface area contributed by atoms with Crippen molar-refractivity contribution in [2.75, 3.05) is 19.3 Å². The highest BCUT2D eigenvalue weighted by Crippen LogP contribution is 2.17. The maximum atomic E-state index is 11.5. The van der Waals surface area contributed by atoms with Crippen molar-refractivity contribution < 1.29 is 8.42 Å². The standard InChI is InChI=1S/C16H25N3O2S/c1-13-7-9-19(10-8-13)16(17)18-11-14-5-3-4-6-15(14)12-22(2,20)21/h3-6,13H,7-12H2,1-2H3,(H2,17,18). The van der Waals surface area contributed by atoms with E-state index >= 15 is 0 Å². The topological polar surface area (TPSA) is 75.8 Å². The first kappa shape index (κ1) is 16.8. The zero-order chi connectivity index (χ0) is 16.2. The van der Waals surface area contributed by atoms with Gasteiger partial charge in [-0.05, 0) is 29.9 Å². The molecule has 0 bridgehead atoms. The third kappa shape index (κ3) is 5.02. The molecule has 0 aliphatic carbocycles. The lowest BCUT2D eigenvalue weighted by molar-refractivity contribution is 0.277. The quantitative estimate of drug-likeness (QED) is 0.677. The minimum Gasteiger partial charge on any atom is -0.370 e. The normalized spacial score (nSPS) is 17.7. The summed E-state index contributed by atoms with van der Waals surface area (Å²) in [4.78, 5) is 6.57. The summed E-state index contributed by atoms with van der Waals surface area (Å²) in [6.07, 6.45) is 3.53. The van der Waals surface area contributed by atoms with E-state index in [4.69, 9.17) is 5.73 Å². The molecule has 2 rings (SSSR count). The Hall–Kier alpha value is -1.56. The van der Waals surface area contributed by atoms with Crippen molar-refractivity contribution in [2.24, 2.45) is 16.6 Å². The predicted octanol–water partition coefficient (Wildman–Crippen LogP) is 1.78. The van der Waals surface area contributed by atoms with Crippen LogP contribution in [0.5, 0.6) is 0 Å². The van der Waals surface area contributed by atoms with Gasteiger partial charge in [0, 0.05) is 19.3 Å². The molecule has 0 unspecified atom stereocenters. The fraction of sp³-hybridized carbons (Fsp3) is 0.562. The van der Waals surface area contributed by atoms with E-state index in [1.165, 1.54) is 6.26 Å². The lowest BCUT2D eigenvalue weighted by atomic mass is 10.00. The summed E-state index contributed by atoms with van der Waals surface area (Å²) >= 11 is 0. The van der Waals surface area contributed by atoms with Gasteiger partial charge in [0.1, 0.15) is 0 Å². The number of hydrogen-bond acceptors (Lipinski definition) is 3. The van der Waals surface area contributed by atoms with Gasteiger partial charge >= 0.3 is 0 Å². The Morgan fingerprint density at radius 1 is 1.27 bits per heavy atom. The van der Waals surface area contributed by atoms with Gasteiger partial charge in [0.05, 0.1) is 12.3 Å². The molecule has 0 aromatic heterocycles. The average molecular weight is 323 g/mol. The van der Waals surface area contributed by atoms with E-state index in [0.29, 0.717) is 12.5 Å². The fourth-order valence-electron chi connectivity index (χ4n) is 2.64. The highest BCUT2D eigenvalue weighted by Gasteiger charge is 2.17. The number of rotatable bonds is 4. The molecular formula is C16H25N3O2S. The number of hydrogen-bond donors (Lipinski definition) is 1. The first-order valence-electron chi connectivity index (χ1n) is 7.64. The summed E-state index contributed by atoms with van der Waals surface area (Å²) in [6.45, 7) is 4.57. The molecule has 1 saturated heterocycles. The summed E-state index contributed by atoms with van der Waals surface area (Å²) in [5.41, 5.74) is 7.79. The molecule has 1 aromatic carbocycles. The Labute approximate surface area is 133 Å². The van der Waals surface area contributed by atoms with Gasteiger partial charge in [0.2, 0.25) is 0 Å². The smallest absolute Gasteiger partial charge is 0.191 e. The lowest BCUT2D eigenvalue weighted by Gasteiger charge is -2.31. The number of nitrogens with zero attached hydrogens (tertiary/aromatic N) is 2. The second-order valence-corrected chi connectivity index (χ2v) is 8.32. The highest BCUT2D eigenvalue weighted by molar-refractivity contribution is 7.89. The first-order valence-corrected chi connectivity index (χ1v) is 9.70. The molecule has 1 aliphatic rings. The summed E-state index contributed by atoms with van der Waals surface area (Å²) in [5.74, 6) is 1.35. The van der Waals surface area contributed by atoms with Crippen molar-refractivity contribution in [3.8, 4) is 0 Å². The third-order valence-corrected chi connectivity index (χ3v) is 4.89. The van der Waals surface area contributed by atoms with Crippen molar-refractivity contribution in [1.29, 1.82) is 0 Å². The number of guanidine groups is 1. The monoisotopic (exact) mass is 323 g/mol. The van der Waals surface area contributed by atoms with Crippen LogP contribution in [-0.2, 0) is 22.1 Å². The molecule has 0 spiro atoms. The van der Waals surface area contributed by atoms with Crippen LogP contribution in [0.1, 0.15) is 30.9 Å². The second-order valence-electron chi connectivity index (χ2n) is 6.18. The molecule has 6 heteroatoms. The van der Waals surface area contributed by atoms with Crippen LogP contribution in [0.2, 0.25) is 0 Å². The average Bonchev–Trinajstić information content (AvgIpc) is 2.45. The number of piperidine rings is 1. The zero-order valence-corrected chi connectivity index (χ0v) is 14.1. The molecule has 1 aromatic rings. The summed E-state index contributed by atoms with van der Waals surface area (Å²) < 4.78 is 23.0. The van der Waals surface area contributed by atoms with Crippen molar-refractivity contribution >= 4 is 15.8 Å². The van der Waals surface area contributed by atoms with Crippen LogP contribution >= 0.6 is 0 Å². The van der Waals surface area contributed by atoms with Gasteiger partial charge in [-0.3, -0.25) is 0 Å². The first-order chi connectivity index (χ1) is 10.3.